The molecule has 0 saturated heterocycles. The zero-order chi connectivity index (χ0) is 18.6. The topological polar surface area (TPSA) is 21.7 Å². The van der Waals surface area contributed by atoms with E-state index in [1.54, 1.807) is 6.07 Å². The van der Waals surface area contributed by atoms with Gasteiger partial charge in [0, 0.05) is 24.2 Å². The number of benzene rings is 3. The number of hydrogen-bond acceptors (Lipinski definition) is 3. The van der Waals surface area contributed by atoms with Crippen LogP contribution in [0.15, 0.2) is 66.7 Å². The number of ether oxygens (including phenoxy) is 2. The first-order chi connectivity index (χ1) is 13.2. The van der Waals surface area contributed by atoms with Crippen molar-refractivity contribution in [2.24, 2.45) is 0 Å². The molecule has 3 aromatic carbocycles. The van der Waals surface area contributed by atoms with Gasteiger partial charge in [-0.15, -0.1) is 0 Å². The second-order valence-corrected chi connectivity index (χ2v) is 6.90. The number of fused-ring (bicyclic) bond motifs is 1. The Kier molecular flexibility index (Phi) is 5.19. The maximum absolute atomic E-state index is 13.9. The molecule has 0 N–H and O–H groups in total. The van der Waals surface area contributed by atoms with Crippen LogP contribution in [0.1, 0.15) is 16.7 Å². The van der Waals surface area contributed by atoms with Gasteiger partial charge in [0.05, 0.1) is 6.61 Å². The maximum atomic E-state index is 13.9. The summed E-state index contributed by atoms with van der Waals surface area (Å²) in [6.07, 6.45) is 0. The molecule has 1 aliphatic heterocycles. The predicted molar refractivity (Wildman–Crippen MR) is 104 cm³/mol. The third kappa shape index (κ3) is 4.18. The molecule has 0 unspecified atom stereocenters. The monoisotopic (exact) mass is 363 g/mol. The molecule has 0 aromatic heterocycles. The average molecular weight is 363 g/mol. The zero-order valence-corrected chi connectivity index (χ0v) is 15.3. The van der Waals surface area contributed by atoms with Crippen molar-refractivity contribution in [3.05, 3.63) is 89.2 Å². The van der Waals surface area contributed by atoms with E-state index in [9.17, 15) is 4.39 Å². The molecule has 27 heavy (non-hydrogen) atoms. The highest BCUT2D eigenvalue weighted by molar-refractivity contribution is 5.63. The first-order valence-corrected chi connectivity index (χ1v) is 9.04. The summed E-state index contributed by atoms with van der Waals surface area (Å²) in [7, 11) is 2.03. The van der Waals surface area contributed by atoms with Crippen molar-refractivity contribution in [3.63, 3.8) is 0 Å². The summed E-state index contributed by atoms with van der Waals surface area (Å²) in [5.74, 6) is 0.507. The summed E-state index contributed by atoms with van der Waals surface area (Å²) >= 11 is 0. The van der Waals surface area contributed by atoms with Crippen LogP contribution in [-0.2, 0) is 24.4 Å². The molecule has 4 heteroatoms. The van der Waals surface area contributed by atoms with Crippen LogP contribution in [0.5, 0.6) is 5.75 Å². The summed E-state index contributed by atoms with van der Waals surface area (Å²) < 4.78 is 24.8. The van der Waals surface area contributed by atoms with Crippen molar-refractivity contribution in [2.45, 2.75) is 19.7 Å². The molecule has 3 aromatic rings. The van der Waals surface area contributed by atoms with E-state index in [4.69, 9.17) is 9.47 Å². The molecule has 0 radical (unpaired) electrons. The lowest BCUT2D eigenvalue weighted by molar-refractivity contribution is -0.0176. The Labute approximate surface area is 159 Å². The van der Waals surface area contributed by atoms with Gasteiger partial charge in [-0.2, -0.15) is 0 Å². The molecule has 0 amide bonds. The van der Waals surface area contributed by atoms with Crippen LogP contribution in [0.2, 0.25) is 0 Å². The molecule has 0 fully saturated rings. The van der Waals surface area contributed by atoms with E-state index in [2.05, 4.69) is 41.3 Å². The van der Waals surface area contributed by atoms with Crippen LogP contribution < -0.4 is 4.74 Å². The van der Waals surface area contributed by atoms with Crippen LogP contribution in [-0.4, -0.2) is 18.7 Å². The maximum Gasteiger partial charge on any atom is 0.189 e. The number of nitrogens with zero attached hydrogens (tertiary/aromatic N) is 1. The van der Waals surface area contributed by atoms with E-state index < -0.39 is 0 Å². The van der Waals surface area contributed by atoms with Gasteiger partial charge in [-0.3, -0.25) is 4.90 Å². The Morgan fingerprint density at radius 3 is 2.44 bits per heavy atom. The van der Waals surface area contributed by atoms with Crippen molar-refractivity contribution in [1.29, 1.82) is 0 Å². The lowest BCUT2D eigenvalue weighted by Crippen LogP contribution is -2.20. The molecule has 0 saturated carbocycles. The van der Waals surface area contributed by atoms with E-state index >= 15 is 0 Å². The van der Waals surface area contributed by atoms with Gasteiger partial charge in [-0.25, -0.2) is 4.39 Å². The van der Waals surface area contributed by atoms with Gasteiger partial charge in [0.2, 0.25) is 0 Å². The fourth-order valence-electron chi connectivity index (χ4n) is 3.47. The summed E-state index contributed by atoms with van der Waals surface area (Å²) in [5, 5.41) is 0. The van der Waals surface area contributed by atoms with Crippen LogP contribution >= 0.6 is 0 Å². The van der Waals surface area contributed by atoms with Crippen LogP contribution in [0.3, 0.4) is 0 Å². The number of hydrogen-bond donors (Lipinski definition) is 0. The highest BCUT2D eigenvalue weighted by Gasteiger charge is 2.18. The Morgan fingerprint density at radius 1 is 0.926 bits per heavy atom. The summed E-state index contributed by atoms with van der Waals surface area (Å²) in [5.41, 5.74) is 5.26. The third-order valence-corrected chi connectivity index (χ3v) is 4.71. The van der Waals surface area contributed by atoms with Gasteiger partial charge in [-0.05, 0) is 35.9 Å². The van der Waals surface area contributed by atoms with Gasteiger partial charge in [0.1, 0.15) is 11.6 Å². The first-order valence-electron chi connectivity index (χ1n) is 9.04. The van der Waals surface area contributed by atoms with Gasteiger partial charge in [0.25, 0.3) is 0 Å². The van der Waals surface area contributed by atoms with E-state index in [-0.39, 0.29) is 12.6 Å². The molecule has 1 heterocycles. The molecule has 0 atom stereocenters. The SMILES string of the molecule is CN(Cc1ccc(-c2ccccc2)cc1)Cc1cc(F)cc2c1OCOC2. The van der Waals surface area contributed by atoms with Gasteiger partial charge in [-0.1, -0.05) is 54.6 Å². The highest BCUT2D eigenvalue weighted by atomic mass is 19.1. The second-order valence-electron chi connectivity index (χ2n) is 6.90. The Bertz CT molecular complexity index is 910. The minimum absolute atomic E-state index is 0.219. The quantitative estimate of drug-likeness (QED) is 0.637. The smallest absolute Gasteiger partial charge is 0.189 e. The Balaban J connectivity index is 1.46. The first kappa shape index (κ1) is 17.7. The molecule has 138 valence electrons. The molecule has 1 aliphatic rings. The van der Waals surface area contributed by atoms with E-state index in [1.807, 2.05) is 25.2 Å². The summed E-state index contributed by atoms with van der Waals surface area (Å²) in [6.45, 7) is 2.00. The van der Waals surface area contributed by atoms with Gasteiger partial charge < -0.3 is 9.47 Å². The van der Waals surface area contributed by atoms with Crippen LogP contribution in [0.25, 0.3) is 11.1 Å². The van der Waals surface area contributed by atoms with Crippen molar-refractivity contribution >= 4 is 0 Å². The second kappa shape index (κ2) is 7.91. The fraction of sp³-hybridized carbons (Fsp3) is 0.217. The average Bonchev–Trinajstić information content (AvgIpc) is 2.69. The Morgan fingerprint density at radius 2 is 1.67 bits per heavy atom. The lowest BCUT2D eigenvalue weighted by atomic mass is 10.0. The van der Waals surface area contributed by atoms with Crippen molar-refractivity contribution in [1.82, 2.24) is 4.90 Å². The molecule has 0 spiro atoms. The van der Waals surface area contributed by atoms with Gasteiger partial charge in [0.15, 0.2) is 6.79 Å². The summed E-state index contributed by atoms with van der Waals surface area (Å²) in [6, 6.07) is 21.9. The summed E-state index contributed by atoms with van der Waals surface area (Å²) in [4.78, 5) is 2.16. The molecule has 0 aliphatic carbocycles. The molecule has 0 bridgehead atoms. The minimum Gasteiger partial charge on any atom is -0.467 e. The highest BCUT2D eigenvalue weighted by Crippen LogP contribution is 2.30. The normalized spacial score (nSPS) is 13.3. The Hall–Kier alpha value is -2.69. The van der Waals surface area contributed by atoms with Gasteiger partial charge >= 0.3 is 0 Å². The van der Waals surface area contributed by atoms with E-state index in [0.717, 1.165) is 23.4 Å². The lowest BCUT2D eigenvalue weighted by Gasteiger charge is -2.24. The van der Waals surface area contributed by atoms with E-state index in [0.29, 0.717) is 13.2 Å². The van der Waals surface area contributed by atoms with E-state index in [1.165, 1.54) is 22.8 Å². The standard InChI is InChI=1S/C23H22FNO2/c1-25(14-20-11-22(24)12-21-15-26-16-27-23(20)21)13-17-7-9-19(10-8-17)18-5-3-2-4-6-18/h2-12H,13-16H2,1H3. The number of halogens is 1. The van der Waals surface area contributed by atoms with Crippen LogP contribution in [0, 0.1) is 5.82 Å². The molecule has 4 rings (SSSR count). The largest absolute Gasteiger partial charge is 0.467 e. The van der Waals surface area contributed by atoms with Crippen LogP contribution in [0.4, 0.5) is 4.39 Å². The third-order valence-electron chi connectivity index (χ3n) is 4.71. The fourth-order valence-corrected chi connectivity index (χ4v) is 3.47. The molecular formula is C23H22FNO2. The minimum atomic E-state index is -0.251. The molecule has 3 nitrogen and oxygen atoms in total. The van der Waals surface area contributed by atoms with Crippen molar-refractivity contribution in [3.8, 4) is 16.9 Å². The van der Waals surface area contributed by atoms with Crippen molar-refractivity contribution < 1.29 is 13.9 Å². The van der Waals surface area contributed by atoms with Crippen molar-refractivity contribution in [2.75, 3.05) is 13.8 Å². The number of rotatable bonds is 5. The molecular weight excluding hydrogens is 341 g/mol. The predicted octanol–water partition coefficient (Wildman–Crippen LogP) is 4.99. The zero-order valence-electron chi connectivity index (χ0n) is 15.3.